The first-order valence-corrected chi connectivity index (χ1v) is 7.03. The second kappa shape index (κ2) is 7.82. The van der Waals surface area contributed by atoms with Crippen LogP contribution in [-0.4, -0.2) is 26.3 Å². The van der Waals surface area contributed by atoms with Crippen molar-refractivity contribution in [2.24, 2.45) is 5.92 Å². The Kier molecular flexibility index (Phi) is 6.71. The monoisotopic (exact) mass is 331 g/mol. The van der Waals surface area contributed by atoms with Gasteiger partial charge >= 0.3 is 0 Å². The molecule has 3 rings (SSSR count). The summed E-state index contributed by atoms with van der Waals surface area (Å²) in [5.74, 6) is 1.65. The normalized spacial score (nSPS) is 13.5. The van der Waals surface area contributed by atoms with Crippen LogP contribution in [0.3, 0.4) is 0 Å². The van der Waals surface area contributed by atoms with E-state index in [0.29, 0.717) is 5.92 Å². The Morgan fingerprint density at radius 3 is 2.86 bits per heavy atom. The summed E-state index contributed by atoms with van der Waals surface area (Å²) in [6.45, 7) is 7.35. The molecule has 0 saturated carbocycles. The molecule has 0 saturated heterocycles. The van der Waals surface area contributed by atoms with Crippen LogP contribution in [0.15, 0.2) is 12.4 Å². The molecule has 0 radical (unpaired) electrons. The average Bonchev–Trinajstić information content (AvgIpc) is 3.02. The first-order valence-electron chi connectivity index (χ1n) is 7.03. The predicted octanol–water partition coefficient (Wildman–Crippen LogP) is 2.81. The van der Waals surface area contributed by atoms with Gasteiger partial charge in [-0.15, -0.1) is 24.8 Å². The second-order valence-corrected chi connectivity index (χ2v) is 5.61. The third-order valence-corrected chi connectivity index (χ3v) is 3.55. The Balaban J connectivity index is 0.00000110. The molecule has 5 nitrogen and oxygen atoms in total. The van der Waals surface area contributed by atoms with E-state index in [1.807, 2.05) is 10.9 Å². The molecular weight excluding hydrogens is 309 g/mol. The van der Waals surface area contributed by atoms with E-state index in [4.69, 9.17) is 0 Å². The molecule has 0 fully saturated rings. The van der Waals surface area contributed by atoms with Crippen LogP contribution in [0.5, 0.6) is 0 Å². The second-order valence-electron chi connectivity index (χ2n) is 5.61. The lowest BCUT2D eigenvalue weighted by Crippen LogP contribution is -2.23. The fourth-order valence-corrected chi connectivity index (χ4v) is 2.35. The lowest BCUT2D eigenvalue weighted by molar-refractivity contribution is 0.487. The summed E-state index contributed by atoms with van der Waals surface area (Å²) >= 11 is 0. The van der Waals surface area contributed by atoms with Crippen molar-refractivity contribution < 1.29 is 0 Å². The fourth-order valence-electron chi connectivity index (χ4n) is 2.35. The van der Waals surface area contributed by atoms with Gasteiger partial charge in [0, 0.05) is 32.3 Å². The summed E-state index contributed by atoms with van der Waals surface area (Å²) in [5.41, 5.74) is 3.50. The van der Waals surface area contributed by atoms with Crippen LogP contribution in [0.2, 0.25) is 0 Å². The van der Waals surface area contributed by atoms with Gasteiger partial charge in [0.15, 0.2) is 0 Å². The molecule has 21 heavy (non-hydrogen) atoms. The Labute approximate surface area is 137 Å². The van der Waals surface area contributed by atoms with Crippen LogP contribution in [-0.2, 0) is 19.5 Å². The maximum atomic E-state index is 4.68. The van der Waals surface area contributed by atoms with Crippen molar-refractivity contribution in [3.05, 3.63) is 23.8 Å². The quantitative estimate of drug-likeness (QED) is 0.905. The smallest absolute Gasteiger partial charge is 0.141 e. The minimum atomic E-state index is 0. The number of aromatic nitrogens is 4. The number of aromatic amines is 1. The zero-order valence-corrected chi connectivity index (χ0v) is 14.1. The summed E-state index contributed by atoms with van der Waals surface area (Å²) in [7, 11) is 0. The molecule has 1 aliphatic heterocycles. The molecule has 1 aliphatic rings. The minimum Gasteiger partial charge on any atom is -0.340 e. The van der Waals surface area contributed by atoms with E-state index in [9.17, 15) is 0 Å². The number of hydrogen-bond donors (Lipinski definition) is 2. The van der Waals surface area contributed by atoms with Crippen LogP contribution in [0.4, 0.5) is 0 Å². The SMILES string of the molecule is CC(C)CCn1cc(-c2nc3c([nH]2)CNCC3)cn1.Cl.Cl. The van der Waals surface area contributed by atoms with Crippen LogP contribution in [0, 0.1) is 5.92 Å². The number of hydrogen-bond acceptors (Lipinski definition) is 3. The van der Waals surface area contributed by atoms with Crippen LogP contribution < -0.4 is 5.32 Å². The van der Waals surface area contributed by atoms with Crippen LogP contribution in [0.25, 0.3) is 11.4 Å². The number of aryl methyl sites for hydroxylation is 1. The molecule has 7 heteroatoms. The number of halogens is 2. The molecule has 0 atom stereocenters. The number of imidazole rings is 1. The van der Waals surface area contributed by atoms with E-state index in [2.05, 4.69) is 40.4 Å². The Bertz CT molecular complexity index is 538. The summed E-state index contributed by atoms with van der Waals surface area (Å²) < 4.78 is 2.01. The third kappa shape index (κ3) is 4.22. The standard InChI is InChI=1S/C14H21N5.2ClH/c1-10(2)4-6-19-9-11(7-16-19)14-17-12-3-5-15-8-13(12)18-14;;/h7,9-10,15H,3-6,8H2,1-2H3,(H,17,18);2*1H. The van der Waals surface area contributed by atoms with E-state index in [-0.39, 0.29) is 24.8 Å². The Morgan fingerprint density at radius 1 is 1.33 bits per heavy atom. The number of H-pyrrole nitrogens is 1. The van der Waals surface area contributed by atoms with Crippen molar-refractivity contribution in [2.75, 3.05) is 6.54 Å². The first kappa shape index (κ1) is 18.0. The maximum Gasteiger partial charge on any atom is 0.141 e. The molecule has 0 aliphatic carbocycles. The van der Waals surface area contributed by atoms with Gasteiger partial charge in [-0.05, 0) is 12.3 Å². The van der Waals surface area contributed by atoms with E-state index < -0.39 is 0 Å². The molecule has 0 spiro atoms. The average molecular weight is 332 g/mol. The third-order valence-electron chi connectivity index (χ3n) is 3.55. The highest BCUT2D eigenvalue weighted by Crippen LogP contribution is 2.19. The van der Waals surface area contributed by atoms with Gasteiger partial charge < -0.3 is 10.3 Å². The van der Waals surface area contributed by atoms with Gasteiger partial charge in [-0.2, -0.15) is 5.10 Å². The zero-order valence-electron chi connectivity index (χ0n) is 12.4. The highest BCUT2D eigenvalue weighted by Gasteiger charge is 2.15. The van der Waals surface area contributed by atoms with E-state index >= 15 is 0 Å². The topological polar surface area (TPSA) is 58.5 Å². The number of rotatable bonds is 4. The highest BCUT2D eigenvalue weighted by molar-refractivity contribution is 5.85. The molecule has 2 aromatic heterocycles. The molecule has 0 bridgehead atoms. The lowest BCUT2D eigenvalue weighted by Gasteiger charge is -2.09. The van der Waals surface area contributed by atoms with Crippen molar-refractivity contribution in [2.45, 2.75) is 39.8 Å². The summed E-state index contributed by atoms with van der Waals surface area (Å²) in [5, 5.41) is 7.76. The number of nitrogens with one attached hydrogen (secondary N) is 2. The zero-order chi connectivity index (χ0) is 13.2. The van der Waals surface area contributed by atoms with Gasteiger partial charge in [-0.1, -0.05) is 13.8 Å². The van der Waals surface area contributed by atoms with Crippen molar-refractivity contribution in [3.8, 4) is 11.4 Å². The maximum absolute atomic E-state index is 4.68. The van der Waals surface area contributed by atoms with Crippen molar-refractivity contribution in [1.29, 1.82) is 0 Å². The van der Waals surface area contributed by atoms with Crippen LogP contribution >= 0.6 is 24.8 Å². The molecule has 118 valence electrons. The number of fused-ring (bicyclic) bond motifs is 1. The highest BCUT2D eigenvalue weighted by atomic mass is 35.5. The van der Waals surface area contributed by atoms with Gasteiger partial charge in [0.2, 0.25) is 0 Å². The van der Waals surface area contributed by atoms with Crippen LogP contribution in [0.1, 0.15) is 31.7 Å². The van der Waals surface area contributed by atoms with Crippen molar-refractivity contribution in [1.82, 2.24) is 25.1 Å². The van der Waals surface area contributed by atoms with Gasteiger partial charge in [0.05, 0.1) is 23.1 Å². The van der Waals surface area contributed by atoms with Gasteiger partial charge in [0.25, 0.3) is 0 Å². The van der Waals surface area contributed by atoms with Gasteiger partial charge in [0.1, 0.15) is 5.82 Å². The largest absolute Gasteiger partial charge is 0.340 e. The van der Waals surface area contributed by atoms with Crippen molar-refractivity contribution in [3.63, 3.8) is 0 Å². The lowest BCUT2D eigenvalue weighted by atomic mass is 10.1. The molecule has 0 aromatic carbocycles. The fraction of sp³-hybridized carbons (Fsp3) is 0.571. The van der Waals surface area contributed by atoms with Gasteiger partial charge in [-0.25, -0.2) is 4.98 Å². The molecular formula is C14H23Cl2N5. The van der Waals surface area contributed by atoms with E-state index in [0.717, 1.165) is 43.9 Å². The van der Waals surface area contributed by atoms with Gasteiger partial charge in [-0.3, -0.25) is 4.68 Å². The van der Waals surface area contributed by atoms with E-state index in [1.165, 1.54) is 11.4 Å². The molecule has 2 aromatic rings. The Hall–Kier alpha value is -1.04. The molecule has 0 unspecified atom stereocenters. The summed E-state index contributed by atoms with van der Waals surface area (Å²) in [6.07, 6.45) is 6.14. The molecule has 3 heterocycles. The number of nitrogens with zero attached hydrogens (tertiary/aromatic N) is 3. The summed E-state index contributed by atoms with van der Waals surface area (Å²) in [6, 6.07) is 0. The Morgan fingerprint density at radius 2 is 2.14 bits per heavy atom. The predicted molar refractivity (Wildman–Crippen MR) is 89.2 cm³/mol. The molecule has 0 amide bonds. The van der Waals surface area contributed by atoms with E-state index in [1.54, 1.807) is 0 Å². The minimum absolute atomic E-state index is 0. The van der Waals surface area contributed by atoms with Crippen molar-refractivity contribution >= 4 is 24.8 Å². The first-order chi connectivity index (χ1) is 9.22. The summed E-state index contributed by atoms with van der Waals surface area (Å²) in [4.78, 5) is 8.08. The molecule has 2 N–H and O–H groups in total.